The molecule has 0 radical (unpaired) electrons. The van der Waals surface area contributed by atoms with E-state index in [1.807, 2.05) is 6.92 Å². The highest BCUT2D eigenvalue weighted by atomic mass is 16.1. The highest BCUT2D eigenvalue weighted by Crippen LogP contribution is 1.92. The highest BCUT2D eigenvalue weighted by Gasteiger charge is 1.96. The summed E-state index contributed by atoms with van der Waals surface area (Å²) in [6.45, 7) is 6.71. The Morgan fingerprint density at radius 2 is 2.27 bits per heavy atom. The molecule has 1 N–H and O–H groups in total. The summed E-state index contributed by atoms with van der Waals surface area (Å²) in [4.78, 5) is 15.6. The monoisotopic (exact) mass is 209 g/mol. The number of hydrogen-bond donors (Lipinski definition) is 1. The summed E-state index contributed by atoms with van der Waals surface area (Å²) < 4.78 is 1.67. The van der Waals surface area contributed by atoms with Gasteiger partial charge in [0, 0.05) is 18.3 Å². The third-order valence-electron chi connectivity index (χ3n) is 2.27. The Morgan fingerprint density at radius 1 is 1.47 bits per heavy atom. The second-order valence-corrected chi connectivity index (χ2v) is 3.62. The molecule has 0 amide bonds. The predicted octanol–water partition coefficient (Wildman–Crippen LogP) is 0.941. The van der Waals surface area contributed by atoms with Crippen molar-refractivity contribution in [2.75, 3.05) is 13.1 Å². The number of hydrogen-bond acceptors (Lipinski definition) is 3. The van der Waals surface area contributed by atoms with Crippen LogP contribution in [-0.2, 0) is 6.54 Å². The largest absolute Gasteiger partial charge is 0.317 e. The first-order chi connectivity index (χ1) is 7.24. The summed E-state index contributed by atoms with van der Waals surface area (Å²) in [7, 11) is 0. The van der Waals surface area contributed by atoms with E-state index < -0.39 is 0 Å². The maximum atomic E-state index is 11.5. The summed E-state index contributed by atoms with van der Waals surface area (Å²) in [6.07, 6.45) is 3.73. The molecule has 15 heavy (non-hydrogen) atoms. The molecule has 0 aliphatic heterocycles. The molecule has 4 heteroatoms. The summed E-state index contributed by atoms with van der Waals surface area (Å²) in [5, 5.41) is 3.26. The quantitative estimate of drug-likeness (QED) is 0.709. The van der Waals surface area contributed by atoms with Crippen molar-refractivity contribution in [3.8, 4) is 0 Å². The fourth-order valence-electron chi connectivity index (χ4n) is 1.39. The second-order valence-electron chi connectivity index (χ2n) is 3.62. The molecule has 4 nitrogen and oxygen atoms in total. The molecule has 0 aromatic carbocycles. The van der Waals surface area contributed by atoms with Crippen LogP contribution in [0, 0.1) is 6.92 Å². The van der Waals surface area contributed by atoms with Crippen LogP contribution in [0.5, 0.6) is 0 Å². The van der Waals surface area contributed by atoms with E-state index in [0.29, 0.717) is 0 Å². The molecule has 0 aliphatic rings. The van der Waals surface area contributed by atoms with Crippen LogP contribution in [0.1, 0.15) is 25.5 Å². The minimum Gasteiger partial charge on any atom is -0.317 e. The Labute approximate surface area is 90.3 Å². The Balaban J connectivity index is 2.34. The van der Waals surface area contributed by atoms with Crippen molar-refractivity contribution < 1.29 is 0 Å². The molecule has 1 aromatic heterocycles. The van der Waals surface area contributed by atoms with Crippen LogP contribution in [0.3, 0.4) is 0 Å². The molecule has 84 valence electrons. The molecule has 0 saturated carbocycles. The number of unbranched alkanes of at least 4 members (excludes halogenated alkanes) is 1. The van der Waals surface area contributed by atoms with Crippen molar-refractivity contribution >= 4 is 0 Å². The smallest absolute Gasteiger partial charge is 0.253 e. The third kappa shape index (κ3) is 4.25. The summed E-state index contributed by atoms with van der Waals surface area (Å²) >= 11 is 0. The first-order valence-electron chi connectivity index (χ1n) is 5.48. The molecule has 0 spiro atoms. The lowest BCUT2D eigenvalue weighted by atomic mass is 10.3. The number of rotatable bonds is 6. The van der Waals surface area contributed by atoms with Gasteiger partial charge >= 0.3 is 0 Å². The van der Waals surface area contributed by atoms with E-state index in [0.717, 1.165) is 38.2 Å². The van der Waals surface area contributed by atoms with E-state index >= 15 is 0 Å². The molecule has 0 atom stereocenters. The van der Waals surface area contributed by atoms with E-state index in [-0.39, 0.29) is 5.56 Å². The van der Waals surface area contributed by atoms with Gasteiger partial charge in [-0.25, -0.2) is 4.98 Å². The van der Waals surface area contributed by atoms with Gasteiger partial charge in [0.15, 0.2) is 0 Å². The van der Waals surface area contributed by atoms with Crippen LogP contribution in [0.4, 0.5) is 0 Å². The maximum Gasteiger partial charge on any atom is 0.253 e. The van der Waals surface area contributed by atoms with Gasteiger partial charge in [-0.2, -0.15) is 0 Å². The lowest BCUT2D eigenvalue weighted by Crippen LogP contribution is -2.21. The van der Waals surface area contributed by atoms with Gasteiger partial charge in [0.05, 0.1) is 6.33 Å². The van der Waals surface area contributed by atoms with Crippen molar-refractivity contribution in [1.82, 2.24) is 14.9 Å². The summed E-state index contributed by atoms with van der Waals surface area (Å²) in [6, 6.07) is 1.57. The average Bonchev–Trinajstić information content (AvgIpc) is 2.20. The maximum absolute atomic E-state index is 11.5. The molecular weight excluding hydrogens is 190 g/mol. The van der Waals surface area contributed by atoms with Crippen molar-refractivity contribution in [2.24, 2.45) is 0 Å². The van der Waals surface area contributed by atoms with Gasteiger partial charge in [-0.1, -0.05) is 6.92 Å². The van der Waals surface area contributed by atoms with Gasteiger partial charge in [-0.15, -0.1) is 0 Å². The number of aryl methyl sites for hydroxylation is 2. The highest BCUT2D eigenvalue weighted by molar-refractivity contribution is 4.95. The van der Waals surface area contributed by atoms with E-state index in [1.54, 1.807) is 17.0 Å². The van der Waals surface area contributed by atoms with Gasteiger partial charge < -0.3 is 5.32 Å². The lowest BCUT2D eigenvalue weighted by Gasteiger charge is -2.05. The van der Waals surface area contributed by atoms with Crippen LogP contribution in [0.25, 0.3) is 0 Å². The van der Waals surface area contributed by atoms with E-state index in [4.69, 9.17) is 0 Å². The van der Waals surface area contributed by atoms with Crippen molar-refractivity contribution in [1.29, 1.82) is 0 Å². The topological polar surface area (TPSA) is 46.9 Å². The Hall–Kier alpha value is -1.16. The lowest BCUT2D eigenvalue weighted by molar-refractivity contribution is 0.560. The molecule has 1 aromatic rings. The molecular formula is C11H19N3O. The van der Waals surface area contributed by atoms with Crippen LogP contribution >= 0.6 is 0 Å². The molecule has 0 bridgehead atoms. The zero-order valence-corrected chi connectivity index (χ0v) is 9.49. The SMILES string of the molecule is CCNCCCCn1cnc(C)cc1=O. The van der Waals surface area contributed by atoms with E-state index in [2.05, 4.69) is 17.2 Å². The fraction of sp³-hybridized carbons (Fsp3) is 0.636. The van der Waals surface area contributed by atoms with Gasteiger partial charge in [0.2, 0.25) is 0 Å². The standard InChI is InChI=1S/C11H19N3O/c1-3-12-6-4-5-7-14-9-13-10(2)8-11(14)15/h8-9,12H,3-7H2,1-2H3. The molecule has 0 aliphatic carbocycles. The third-order valence-corrected chi connectivity index (χ3v) is 2.27. The fourth-order valence-corrected chi connectivity index (χ4v) is 1.39. The van der Waals surface area contributed by atoms with Gasteiger partial charge in [0.1, 0.15) is 0 Å². The molecule has 1 heterocycles. The second kappa shape index (κ2) is 6.35. The number of nitrogens with zero attached hydrogens (tertiary/aromatic N) is 2. The molecule has 0 saturated heterocycles. The van der Waals surface area contributed by atoms with E-state index in [1.165, 1.54) is 0 Å². The Kier molecular flexibility index (Phi) is 5.04. The summed E-state index contributed by atoms with van der Waals surface area (Å²) in [5.41, 5.74) is 0.829. The molecule has 1 rings (SSSR count). The Bertz CT molecular complexity index is 346. The zero-order chi connectivity index (χ0) is 11.1. The van der Waals surface area contributed by atoms with Crippen molar-refractivity contribution in [3.63, 3.8) is 0 Å². The van der Waals surface area contributed by atoms with Crippen LogP contribution in [0.2, 0.25) is 0 Å². The minimum atomic E-state index is 0.0472. The van der Waals surface area contributed by atoms with E-state index in [9.17, 15) is 4.79 Å². The number of aromatic nitrogens is 2. The van der Waals surface area contributed by atoms with Gasteiger partial charge in [0.25, 0.3) is 5.56 Å². The van der Waals surface area contributed by atoms with Crippen LogP contribution < -0.4 is 10.9 Å². The number of nitrogens with one attached hydrogen (secondary N) is 1. The first kappa shape index (κ1) is 11.9. The van der Waals surface area contributed by atoms with Gasteiger partial charge in [-0.05, 0) is 32.9 Å². The van der Waals surface area contributed by atoms with Crippen LogP contribution in [0.15, 0.2) is 17.2 Å². The van der Waals surface area contributed by atoms with Crippen molar-refractivity contribution in [3.05, 3.63) is 28.4 Å². The minimum absolute atomic E-state index is 0.0472. The normalized spacial score (nSPS) is 10.5. The summed E-state index contributed by atoms with van der Waals surface area (Å²) in [5.74, 6) is 0. The predicted molar refractivity (Wildman–Crippen MR) is 61.0 cm³/mol. The van der Waals surface area contributed by atoms with Gasteiger partial charge in [-0.3, -0.25) is 9.36 Å². The molecule has 0 unspecified atom stereocenters. The Morgan fingerprint density at radius 3 is 2.93 bits per heavy atom. The zero-order valence-electron chi connectivity index (χ0n) is 9.49. The molecule has 0 fully saturated rings. The first-order valence-corrected chi connectivity index (χ1v) is 5.48. The average molecular weight is 209 g/mol. The van der Waals surface area contributed by atoms with Crippen LogP contribution in [-0.4, -0.2) is 22.6 Å². The van der Waals surface area contributed by atoms with Crippen molar-refractivity contribution in [2.45, 2.75) is 33.2 Å².